The molecule has 0 spiro atoms. The molecule has 2 aromatic rings. The summed E-state index contributed by atoms with van der Waals surface area (Å²) in [6, 6.07) is 13.9. The lowest BCUT2D eigenvalue weighted by Gasteiger charge is -2.17. The molecule has 1 atom stereocenters. The highest BCUT2D eigenvalue weighted by atomic mass is 79.9. The molecular weight excluding hydrogens is 380 g/mol. The average Bonchev–Trinajstić information content (AvgIpc) is 3.01. The van der Waals surface area contributed by atoms with E-state index in [4.69, 9.17) is 0 Å². The molecule has 4 nitrogen and oxygen atoms in total. The van der Waals surface area contributed by atoms with Crippen LogP contribution in [0.4, 0.5) is 0 Å². The topological polar surface area (TPSA) is 52.6 Å². The lowest BCUT2D eigenvalue weighted by atomic mass is 10.1. The van der Waals surface area contributed by atoms with Crippen LogP contribution in [0.5, 0.6) is 5.75 Å². The molecule has 2 N–H and O–H groups in total. The minimum absolute atomic E-state index is 0.0411. The molecule has 1 aliphatic rings. The van der Waals surface area contributed by atoms with E-state index in [1.807, 2.05) is 24.0 Å². The summed E-state index contributed by atoms with van der Waals surface area (Å²) >= 11 is 3.44. The normalized spacial score (nSPS) is 15.6. The first-order valence-corrected chi connectivity index (χ1v) is 9.39. The summed E-state index contributed by atoms with van der Waals surface area (Å²) in [5, 5.41) is 13.4. The number of benzene rings is 2. The molecule has 1 amide bonds. The molecule has 0 aromatic heterocycles. The Balaban J connectivity index is 1.56. The molecule has 25 heavy (non-hydrogen) atoms. The van der Waals surface area contributed by atoms with Crippen LogP contribution in [0.15, 0.2) is 46.9 Å². The van der Waals surface area contributed by atoms with Crippen LogP contribution in [0, 0.1) is 0 Å². The lowest BCUT2D eigenvalue weighted by Crippen LogP contribution is -2.23. The second-order valence-electron chi connectivity index (χ2n) is 6.54. The van der Waals surface area contributed by atoms with Crippen molar-refractivity contribution in [1.29, 1.82) is 0 Å². The van der Waals surface area contributed by atoms with Gasteiger partial charge in [0.25, 0.3) is 0 Å². The largest absolute Gasteiger partial charge is 0.508 e. The zero-order valence-corrected chi connectivity index (χ0v) is 15.9. The second kappa shape index (κ2) is 8.02. The van der Waals surface area contributed by atoms with Crippen molar-refractivity contribution >= 4 is 21.8 Å². The quantitative estimate of drug-likeness (QED) is 0.763. The molecule has 0 unspecified atom stereocenters. The number of carbonyl (C=O) groups excluding carboxylic acids is 1. The van der Waals surface area contributed by atoms with Crippen molar-refractivity contribution in [2.75, 3.05) is 6.54 Å². The van der Waals surface area contributed by atoms with Crippen molar-refractivity contribution < 1.29 is 9.90 Å². The van der Waals surface area contributed by atoms with E-state index >= 15 is 0 Å². The number of nitrogens with zero attached hydrogens (tertiary/aromatic N) is 1. The van der Waals surface area contributed by atoms with Crippen molar-refractivity contribution in [1.82, 2.24) is 10.2 Å². The van der Waals surface area contributed by atoms with Gasteiger partial charge in [0.1, 0.15) is 5.75 Å². The Hall–Kier alpha value is -1.85. The summed E-state index contributed by atoms with van der Waals surface area (Å²) in [5.41, 5.74) is 3.22. The molecule has 1 aliphatic heterocycles. The van der Waals surface area contributed by atoms with Gasteiger partial charge in [0, 0.05) is 42.1 Å². The SMILES string of the molecule is C[C@H](NCc1ccc(CN2CCCC2=O)cc1)c1cc(Br)ccc1O. The minimum atomic E-state index is 0.0411. The van der Waals surface area contributed by atoms with E-state index < -0.39 is 0 Å². The number of rotatable bonds is 6. The molecule has 0 bridgehead atoms. The third kappa shape index (κ3) is 4.61. The molecule has 132 valence electrons. The van der Waals surface area contributed by atoms with Crippen LogP contribution in [0.3, 0.4) is 0 Å². The molecule has 2 aromatic carbocycles. The van der Waals surface area contributed by atoms with Crippen molar-refractivity contribution in [2.45, 2.75) is 38.9 Å². The van der Waals surface area contributed by atoms with Crippen molar-refractivity contribution in [3.63, 3.8) is 0 Å². The maximum atomic E-state index is 11.7. The maximum absolute atomic E-state index is 11.7. The van der Waals surface area contributed by atoms with Gasteiger partial charge in [-0.05, 0) is 42.7 Å². The number of nitrogens with one attached hydrogen (secondary N) is 1. The Kier molecular flexibility index (Phi) is 5.76. The number of aromatic hydroxyl groups is 1. The summed E-state index contributed by atoms with van der Waals surface area (Å²) < 4.78 is 0.953. The molecule has 0 saturated carbocycles. The number of likely N-dealkylation sites (tertiary alicyclic amines) is 1. The fraction of sp³-hybridized carbons (Fsp3) is 0.350. The van der Waals surface area contributed by atoms with Gasteiger partial charge in [0.2, 0.25) is 5.91 Å². The van der Waals surface area contributed by atoms with Crippen molar-refractivity contribution in [2.24, 2.45) is 0 Å². The third-order valence-electron chi connectivity index (χ3n) is 4.64. The number of amides is 1. The average molecular weight is 403 g/mol. The van der Waals surface area contributed by atoms with Gasteiger partial charge in [0.15, 0.2) is 0 Å². The van der Waals surface area contributed by atoms with E-state index in [2.05, 4.69) is 45.5 Å². The lowest BCUT2D eigenvalue weighted by molar-refractivity contribution is -0.128. The first kappa shape index (κ1) is 18.0. The number of halogens is 1. The van der Waals surface area contributed by atoms with Gasteiger partial charge >= 0.3 is 0 Å². The molecule has 3 rings (SSSR count). The number of phenolic OH excluding ortho intramolecular Hbond substituents is 1. The molecule has 0 aliphatic carbocycles. The monoisotopic (exact) mass is 402 g/mol. The number of carbonyl (C=O) groups is 1. The standard InChI is InChI=1S/C20H23BrN2O2/c1-14(18-11-17(21)8-9-19(18)24)22-12-15-4-6-16(7-5-15)13-23-10-2-3-20(23)25/h4-9,11,14,22,24H,2-3,10,12-13H2,1H3/t14-/m0/s1. The van der Waals surface area contributed by atoms with Crippen LogP contribution < -0.4 is 5.32 Å². The highest BCUT2D eigenvalue weighted by molar-refractivity contribution is 9.10. The summed E-state index contributed by atoms with van der Waals surface area (Å²) in [6.45, 7) is 4.33. The van der Waals surface area contributed by atoms with Gasteiger partial charge in [-0.15, -0.1) is 0 Å². The smallest absolute Gasteiger partial charge is 0.222 e. The van der Waals surface area contributed by atoms with Gasteiger partial charge in [-0.25, -0.2) is 0 Å². The highest BCUT2D eigenvalue weighted by Gasteiger charge is 2.19. The summed E-state index contributed by atoms with van der Waals surface area (Å²) in [7, 11) is 0. The summed E-state index contributed by atoms with van der Waals surface area (Å²) in [6.07, 6.45) is 1.66. The Bertz CT molecular complexity index is 746. The van der Waals surface area contributed by atoms with Gasteiger partial charge in [-0.2, -0.15) is 0 Å². The molecule has 1 saturated heterocycles. The van der Waals surface area contributed by atoms with E-state index in [9.17, 15) is 9.90 Å². The fourth-order valence-corrected chi connectivity index (χ4v) is 3.49. The molecule has 0 radical (unpaired) electrons. The van der Waals surface area contributed by atoms with E-state index in [1.54, 1.807) is 6.07 Å². The molecule has 1 fully saturated rings. The van der Waals surface area contributed by atoms with E-state index in [-0.39, 0.29) is 11.9 Å². The van der Waals surface area contributed by atoms with E-state index in [1.165, 1.54) is 5.56 Å². The van der Waals surface area contributed by atoms with Crippen LogP contribution >= 0.6 is 15.9 Å². The first-order chi connectivity index (χ1) is 12.0. The minimum Gasteiger partial charge on any atom is -0.508 e. The number of hydrogen-bond acceptors (Lipinski definition) is 3. The maximum Gasteiger partial charge on any atom is 0.222 e. The van der Waals surface area contributed by atoms with Crippen molar-refractivity contribution in [3.8, 4) is 5.75 Å². The van der Waals surface area contributed by atoms with Crippen LogP contribution in [-0.4, -0.2) is 22.5 Å². The second-order valence-corrected chi connectivity index (χ2v) is 7.46. The Morgan fingerprint density at radius 2 is 1.92 bits per heavy atom. The number of hydrogen-bond donors (Lipinski definition) is 2. The van der Waals surface area contributed by atoms with Gasteiger partial charge in [0.05, 0.1) is 0 Å². The molecular formula is C20H23BrN2O2. The summed E-state index contributed by atoms with van der Waals surface area (Å²) in [4.78, 5) is 13.6. The fourth-order valence-electron chi connectivity index (χ4n) is 3.11. The van der Waals surface area contributed by atoms with Crippen LogP contribution in [-0.2, 0) is 17.9 Å². The zero-order chi connectivity index (χ0) is 17.8. The van der Waals surface area contributed by atoms with Gasteiger partial charge < -0.3 is 15.3 Å². The number of phenols is 1. The van der Waals surface area contributed by atoms with Crippen molar-refractivity contribution in [3.05, 3.63) is 63.6 Å². The van der Waals surface area contributed by atoms with Crippen LogP contribution in [0.25, 0.3) is 0 Å². The first-order valence-electron chi connectivity index (χ1n) is 8.60. The van der Waals surface area contributed by atoms with Gasteiger partial charge in [-0.3, -0.25) is 4.79 Å². The van der Waals surface area contributed by atoms with E-state index in [0.717, 1.165) is 35.1 Å². The summed E-state index contributed by atoms with van der Waals surface area (Å²) in [5.74, 6) is 0.558. The predicted molar refractivity (Wildman–Crippen MR) is 102 cm³/mol. The highest BCUT2D eigenvalue weighted by Crippen LogP contribution is 2.27. The Labute approximate surface area is 157 Å². The van der Waals surface area contributed by atoms with Crippen LogP contribution in [0.2, 0.25) is 0 Å². The third-order valence-corrected chi connectivity index (χ3v) is 5.13. The Morgan fingerprint density at radius 1 is 1.20 bits per heavy atom. The Morgan fingerprint density at radius 3 is 2.60 bits per heavy atom. The molecule has 5 heteroatoms. The predicted octanol–water partition coefficient (Wildman–Crippen LogP) is 4.13. The zero-order valence-electron chi connectivity index (χ0n) is 14.3. The van der Waals surface area contributed by atoms with Crippen LogP contribution in [0.1, 0.15) is 42.5 Å². The van der Waals surface area contributed by atoms with E-state index in [0.29, 0.717) is 18.7 Å². The van der Waals surface area contributed by atoms with Gasteiger partial charge in [-0.1, -0.05) is 40.2 Å². The molecule has 1 heterocycles.